The molecule has 1 saturated heterocycles. The van der Waals surface area contributed by atoms with Gasteiger partial charge in [-0.3, -0.25) is 4.79 Å². The average Bonchev–Trinajstić information content (AvgIpc) is 2.73. The first-order valence-electron chi connectivity index (χ1n) is 9.39. The molecular formula is C21H25N2O4+. The number of carbonyl (C=O) groups is 1. The van der Waals surface area contributed by atoms with Gasteiger partial charge in [0.15, 0.2) is 11.5 Å². The molecule has 0 radical (unpaired) electrons. The van der Waals surface area contributed by atoms with Gasteiger partial charge < -0.3 is 24.0 Å². The van der Waals surface area contributed by atoms with Crippen molar-refractivity contribution in [1.82, 2.24) is 4.90 Å². The number of rotatable bonds is 4. The van der Waals surface area contributed by atoms with Crippen LogP contribution >= 0.6 is 0 Å². The Bertz CT molecular complexity index is 784. The molecule has 1 N–H and O–H groups in total. The second kappa shape index (κ2) is 7.88. The zero-order chi connectivity index (χ0) is 18.6. The average molecular weight is 369 g/mol. The first-order chi connectivity index (χ1) is 13.2. The van der Waals surface area contributed by atoms with E-state index in [9.17, 15) is 4.79 Å². The van der Waals surface area contributed by atoms with Gasteiger partial charge in [0.25, 0.3) is 5.91 Å². The summed E-state index contributed by atoms with van der Waals surface area (Å²) in [7, 11) is 1.58. The van der Waals surface area contributed by atoms with E-state index in [-0.39, 0.29) is 5.91 Å². The first kappa shape index (κ1) is 17.7. The van der Waals surface area contributed by atoms with E-state index in [1.807, 2.05) is 11.0 Å². The third-order valence-electron chi connectivity index (χ3n) is 5.13. The Labute approximate surface area is 159 Å². The molecule has 1 fully saturated rings. The van der Waals surface area contributed by atoms with Crippen LogP contribution in [0.5, 0.6) is 17.2 Å². The van der Waals surface area contributed by atoms with Crippen molar-refractivity contribution in [2.75, 3.05) is 46.5 Å². The van der Waals surface area contributed by atoms with Crippen molar-refractivity contribution in [1.29, 1.82) is 0 Å². The molecule has 2 heterocycles. The van der Waals surface area contributed by atoms with Gasteiger partial charge >= 0.3 is 0 Å². The highest BCUT2D eigenvalue weighted by Gasteiger charge is 2.27. The Balaban J connectivity index is 1.42. The highest BCUT2D eigenvalue weighted by atomic mass is 16.6. The van der Waals surface area contributed by atoms with Crippen molar-refractivity contribution in [3.63, 3.8) is 0 Å². The standard InChI is InChI=1S/C21H24N2O4/c1-25-18-13-17(14-19-20(18)27-12-11-26-19)21(24)23-9-7-22(8-10-23)15-16-5-3-2-4-6-16/h2-6,13-14H,7-12,15H2,1H3/p+1. The fraction of sp³-hybridized carbons (Fsp3) is 0.381. The van der Waals surface area contributed by atoms with Gasteiger partial charge in [0.2, 0.25) is 5.75 Å². The molecule has 6 heteroatoms. The summed E-state index contributed by atoms with van der Waals surface area (Å²) >= 11 is 0. The van der Waals surface area contributed by atoms with E-state index < -0.39 is 0 Å². The number of benzene rings is 2. The second-order valence-electron chi connectivity index (χ2n) is 6.91. The fourth-order valence-electron chi connectivity index (χ4n) is 3.67. The molecule has 27 heavy (non-hydrogen) atoms. The van der Waals surface area contributed by atoms with Crippen LogP contribution in [0.25, 0.3) is 0 Å². The number of nitrogens with zero attached hydrogens (tertiary/aromatic N) is 1. The number of fused-ring (bicyclic) bond motifs is 1. The minimum absolute atomic E-state index is 0.0176. The molecule has 6 nitrogen and oxygen atoms in total. The Morgan fingerprint density at radius 1 is 1.11 bits per heavy atom. The Kier molecular flexibility index (Phi) is 5.16. The van der Waals surface area contributed by atoms with E-state index in [2.05, 4.69) is 24.3 Å². The van der Waals surface area contributed by atoms with E-state index in [1.54, 1.807) is 19.2 Å². The molecular weight excluding hydrogens is 344 g/mol. The monoisotopic (exact) mass is 369 g/mol. The number of carbonyl (C=O) groups excluding carboxylic acids is 1. The van der Waals surface area contributed by atoms with E-state index in [1.165, 1.54) is 10.5 Å². The molecule has 0 aliphatic carbocycles. The molecule has 0 bridgehead atoms. The minimum atomic E-state index is 0.0176. The van der Waals surface area contributed by atoms with Crippen molar-refractivity contribution < 1.29 is 23.9 Å². The Morgan fingerprint density at radius 3 is 2.59 bits per heavy atom. The van der Waals surface area contributed by atoms with Crippen LogP contribution < -0.4 is 19.1 Å². The fourth-order valence-corrected chi connectivity index (χ4v) is 3.67. The van der Waals surface area contributed by atoms with E-state index in [4.69, 9.17) is 14.2 Å². The molecule has 2 aliphatic heterocycles. The summed E-state index contributed by atoms with van der Waals surface area (Å²) < 4.78 is 16.7. The summed E-state index contributed by atoms with van der Waals surface area (Å²) in [6, 6.07) is 14.0. The minimum Gasteiger partial charge on any atom is -0.493 e. The lowest BCUT2D eigenvalue weighted by molar-refractivity contribution is -0.917. The van der Waals surface area contributed by atoms with Crippen molar-refractivity contribution >= 4 is 5.91 Å². The van der Waals surface area contributed by atoms with E-state index in [0.29, 0.717) is 36.0 Å². The number of nitrogens with one attached hydrogen (secondary N) is 1. The lowest BCUT2D eigenvalue weighted by Crippen LogP contribution is -3.13. The molecule has 4 rings (SSSR count). The molecule has 2 aliphatic rings. The zero-order valence-corrected chi connectivity index (χ0v) is 15.6. The normalized spacial score (nSPS) is 16.9. The van der Waals surface area contributed by atoms with Gasteiger partial charge in [-0.05, 0) is 12.1 Å². The third-order valence-corrected chi connectivity index (χ3v) is 5.13. The zero-order valence-electron chi connectivity index (χ0n) is 15.6. The van der Waals surface area contributed by atoms with E-state index in [0.717, 1.165) is 32.7 Å². The summed E-state index contributed by atoms with van der Waals surface area (Å²) in [5.41, 5.74) is 1.92. The van der Waals surface area contributed by atoms with Crippen LogP contribution in [-0.4, -0.2) is 57.3 Å². The molecule has 2 aromatic rings. The van der Waals surface area contributed by atoms with Crippen LogP contribution in [0.1, 0.15) is 15.9 Å². The predicted molar refractivity (Wildman–Crippen MR) is 101 cm³/mol. The summed E-state index contributed by atoms with van der Waals surface area (Å²) in [4.78, 5) is 16.4. The number of amides is 1. The van der Waals surface area contributed by atoms with Crippen LogP contribution in [0.3, 0.4) is 0 Å². The van der Waals surface area contributed by atoms with Gasteiger partial charge in [0.1, 0.15) is 19.8 Å². The maximum atomic E-state index is 13.0. The SMILES string of the molecule is COc1cc(C(=O)N2CC[NH+](Cc3ccccc3)CC2)cc2c1OCCO2. The van der Waals surface area contributed by atoms with Gasteiger partial charge in [-0.1, -0.05) is 30.3 Å². The molecule has 0 unspecified atom stereocenters. The van der Waals surface area contributed by atoms with Gasteiger partial charge in [0.05, 0.1) is 33.3 Å². The van der Waals surface area contributed by atoms with E-state index >= 15 is 0 Å². The predicted octanol–water partition coefficient (Wildman–Crippen LogP) is 1.01. The molecule has 2 aromatic carbocycles. The molecule has 1 amide bonds. The number of hydrogen-bond acceptors (Lipinski definition) is 4. The van der Waals surface area contributed by atoms with Crippen molar-refractivity contribution in [2.45, 2.75) is 6.54 Å². The summed E-state index contributed by atoms with van der Waals surface area (Å²) in [6.07, 6.45) is 0. The lowest BCUT2D eigenvalue weighted by atomic mass is 10.1. The summed E-state index contributed by atoms with van der Waals surface area (Å²) in [5.74, 6) is 1.72. The number of piperazine rings is 1. The third kappa shape index (κ3) is 3.85. The molecule has 142 valence electrons. The van der Waals surface area contributed by atoms with Gasteiger partial charge in [0, 0.05) is 11.1 Å². The molecule has 0 atom stereocenters. The van der Waals surface area contributed by atoms with Crippen LogP contribution in [0, 0.1) is 0 Å². The van der Waals surface area contributed by atoms with Crippen LogP contribution in [0.15, 0.2) is 42.5 Å². The number of ether oxygens (including phenoxy) is 3. The maximum absolute atomic E-state index is 13.0. The first-order valence-corrected chi connectivity index (χ1v) is 9.39. The van der Waals surface area contributed by atoms with Crippen molar-refractivity contribution in [2.24, 2.45) is 0 Å². The quantitative estimate of drug-likeness (QED) is 0.874. The maximum Gasteiger partial charge on any atom is 0.254 e. The topological polar surface area (TPSA) is 52.4 Å². The van der Waals surface area contributed by atoms with Crippen molar-refractivity contribution in [3.8, 4) is 17.2 Å². The van der Waals surface area contributed by atoms with Gasteiger partial charge in [-0.25, -0.2) is 0 Å². The second-order valence-corrected chi connectivity index (χ2v) is 6.91. The van der Waals surface area contributed by atoms with Crippen LogP contribution in [-0.2, 0) is 6.54 Å². The molecule has 0 saturated carbocycles. The van der Waals surface area contributed by atoms with Gasteiger partial charge in [-0.15, -0.1) is 0 Å². The van der Waals surface area contributed by atoms with Crippen LogP contribution in [0.4, 0.5) is 0 Å². The highest BCUT2D eigenvalue weighted by Crippen LogP contribution is 2.40. The number of quaternary nitrogens is 1. The summed E-state index contributed by atoms with van der Waals surface area (Å²) in [6.45, 7) is 5.36. The highest BCUT2D eigenvalue weighted by molar-refractivity contribution is 5.95. The smallest absolute Gasteiger partial charge is 0.254 e. The number of methoxy groups -OCH3 is 1. The largest absolute Gasteiger partial charge is 0.493 e. The lowest BCUT2D eigenvalue weighted by Gasteiger charge is -2.32. The molecule has 0 spiro atoms. The number of hydrogen-bond donors (Lipinski definition) is 1. The Morgan fingerprint density at radius 2 is 1.85 bits per heavy atom. The molecule has 0 aromatic heterocycles. The summed E-state index contributed by atoms with van der Waals surface area (Å²) in [5, 5.41) is 0. The van der Waals surface area contributed by atoms with Crippen LogP contribution in [0.2, 0.25) is 0 Å². The van der Waals surface area contributed by atoms with Gasteiger partial charge in [-0.2, -0.15) is 0 Å². The van der Waals surface area contributed by atoms with Crippen molar-refractivity contribution in [3.05, 3.63) is 53.6 Å². The Hall–Kier alpha value is -2.73.